The lowest BCUT2D eigenvalue weighted by Crippen LogP contribution is -2.49. The number of carbonyl (C=O) groups is 2. The molecule has 3 aliphatic heterocycles. The van der Waals surface area contributed by atoms with E-state index in [1.165, 1.54) is 0 Å². The quantitative estimate of drug-likeness (QED) is 0.637. The van der Waals surface area contributed by atoms with Crippen LogP contribution in [0.15, 0.2) is 48.2 Å². The van der Waals surface area contributed by atoms with E-state index in [9.17, 15) is 18.4 Å². The van der Waals surface area contributed by atoms with E-state index in [1.54, 1.807) is 18.2 Å². The smallest absolute Gasteiger partial charge is 0.260 e. The van der Waals surface area contributed by atoms with Gasteiger partial charge in [0.2, 0.25) is 0 Å². The van der Waals surface area contributed by atoms with Crippen LogP contribution in [-0.4, -0.2) is 71.7 Å². The molecule has 0 atom stereocenters. The van der Waals surface area contributed by atoms with Crippen LogP contribution in [-0.2, 0) is 9.53 Å². The molecule has 0 saturated carbocycles. The van der Waals surface area contributed by atoms with Crippen LogP contribution in [0.25, 0.3) is 11.1 Å². The Bertz CT molecular complexity index is 1290. The van der Waals surface area contributed by atoms with Gasteiger partial charge in [-0.05, 0) is 43.7 Å². The maximum atomic E-state index is 13.9. The van der Waals surface area contributed by atoms with Crippen LogP contribution in [0, 0.1) is 11.6 Å². The fraction of sp³-hybridized carbons (Fsp3) is 0.333. The second kappa shape index (κ2) is 9.15. The van der Waals surface area contributed by atoms with Gasteiger partial charge in [0.15, 0.2) is 11.6 Å². The molecule has 36 heavy (non-hydrogen) atoms. The number of aliphatic hydroxyl groups is 1. The maximum absolute atomic E-state index is 13.9. The number of carbonyl (C=O) groups excluding carboxylic acids is 2. The number of piperazine rings is 1. The van der Waals surface area contributed by atoms with Crippen molar-refractivity contribution in [2.75, 3.05) is 44.6 Å². The molecule has 1 saturated heterocycles. The molecule has 9 heteroatoms. The fourth-order valence-corrected chi connectivity index (χ4v) is 4.92. The largest absolute Gasteiger partial charge is 0.482 e. The number of allylic oxidation sites excluding steroid dienone is 1. The first-order chi connectivity index (χ1) is 17.2. The van der Waals surface area contributed by atoms with Gasteiger partial charge in [-0.3, -0.25) is 14.5 Å². The maximum Gasteiger partial charge on any atom is 0.260 e. The SMILES string of the molecule is CC1(C)O/C(=C2/C(=O)Nc3cc(F)c(F)cc32)C=C1c1ccc(C(=O)N2CCN(CCO)CC2)cc1. The second-order valence-electron chi connectivity index (χ2n) is 9.61. The van der Waals surface area contributed by atoms with Gasteiger partial charge >= 0.3 is 0 Å². The predicted octanol–water partition coefficient (Wildman–Crippen LogP) is 3.27. The minimum Gasteiger partial charge on any atom is -0.482 e. The molecule has 7 nitrogen and oxygen atoms in total. The Balaban J connectivity index is 1.40. The summed E-state index contributed by atoms with van der Waals surface area (Å²) in [5.74, 6) is -2.33. The number of hydrogen-bond donors (Lipinski definition) is 2. The Hall–Kier alpha value is -3.56. The normalized spacial score (nSPS) is 21.2. The molecule has 0 aromatic heterocycles. The highest BCUT2D eigenvalue weighted by molar-refractivity contribution is 6.32. The highest BCUT2D eigenvalue weighted by Gasteiger charge is 2.38. The summed E-state index contributed by atoms with van der Waals surface area (Å²) in [5, 5.41) is 11.7. The number of β-amino-alcohol motifs (C(OH)–C–C–N with tert-alkyl or cyclic N) is 1. The van der Waals surface area contributed by atoms with Gasteiger partial charge in [0, 0.05) is 55.5 Å². The first kappa shape index (κ1) is 24.1. The summed E-state index contributed by atoms with van der Waals surface area (Å²) in [6.45, 7) is 7.11. The minimum absolute atomic E-state index is 0.0441. The molecule has 3 heterocycles. The topological polar surface area (TPSA) is 82.1 Å². The first-order valence-electron chi connectivity index (χ1n) is 11.9. The summed E-state index contributed by atoms with van der Waals surface area (Å²) < 4.78 is 33.7. The predicted molar refractivity (Wildman–Crippen MR) is 131 cm³/mol. The van der Waals surface area contributed by atoms with E-state index in [0.29, 0.717) is 25.2 Å². The molecule has 0 unspecified atom stereocenters. The van der Waals surface area contributed by atoms with Gasteiger partial charge in [-0.25, -0.2) is 8.78 Å². The number of rotatable bonds is 4. The number of benzene rings is 2. The Kier molecular flexibility index (Phi) is 6.13. The average molecular weight is 496 g/mol. The van der Waals surface area contributed by atoms with Crippen molar-refractivity contribution < 1.29 is 28.2 Å². The lowest BCUT2D eigenvalue weighted by atomic mass is 9.91. The van der Waals surface area contributed by atoms with Crippen LogP contribution in [0.2, 0.25) is 0 Å². The Morgan fingerprint density at radius 3 is 2.42 bits per heavy atom. The molecule has 5 rings (SSSR count). The van der Waals surface area contributed by atoms with Gasteiger partial charge in [-0.2, -0.15) is 0 Å². The van der Waals surface area contributed by atoms with E-state index >= 15 is 0 Å². The summed E-state index contributed by atoms with van der Waals surface area (Å²) in [6.07, 6.45) is 1.74. The third kappa shape index (κ3) is 4.29. The van der Waals surface area contributed by atoms with Gasteiger partial charge in [0.1, 0.15) is 11.4 Å². The molecule has 0 bridgehead atoms. The van der Waals surface area contributed by atoms with E-state index in [2.05, 4.69) is 10.2 Å². The Morgan fingerprint density at radius 1 is 1.08 bits per heavy atom. The third-order valence-corrected chi connectivity index (χ3v) is 6.86. The zero-order chi connectivity index (χ0) is 25.6. The molecule has 2 aromatic carbocycles. The lowest BCUT2D eigenvalue weighted by molar-refractivity contribution is -0.111. The van der Waals surface area contributed by atoms with Gasteiger partial charge < -0.3 is 20.1 Å². The molecule has 2 amide bonds. The molecule has 0 aliphatic carbocycles. The monoisotopic (exact) mass is 495 g/mol. The number of fused-ring (bicyclic) bond motifs is 1. The van der Waals surface area contributed by atoms with Crippen LogP contribution >= 0.6 is 0 Å². The summed E-state index contributed by atoms with van der Waals surface area (Å²) in [6, 6.07) is 9.19. The molecule has 0 spiro atoms. The first-order valence-corrected chi connectivity index (χ1v) is 11.9. The van der Waals surface area contributed by atoms with Crippen molar-refractivity contribution in [3.05, 3.63) is 76.6 Å². The zero-order valence-electron chi connectivity index (χ0n) is 20.1. The number of aliphatic hydroxyl groups excluding tert-OH is 1. The van der Waals surface area contributed by atoms with E-state index in [-0.39, 0.29) is 35.1 Å². The van der Waals surface area contributed by atoms with Crippen LogP contribution < -0.4 is 5.32 Å². The molecule has 188 valence electrons. The van der Waals surface area contributed by atoms with Gasteiger partial charge in [0.05, 0.1) is 17.9 Å². The van der Waals surface area contributed by atoms with E-state index in [4.69, 9.17) is 9.84 Å². The van der Waals surface area contributed by atoms with E-state index < -0.39 is 23.1 Å². The molecular formula is C27H27F2N3O4. The summed E-state index contributed by atoms with van der Waals surface area (Å²) in [7, 11) is 0. The van der Waals surface area contributed by atoms with Crippen molar-refractivity contribution in [3.8, 4) is 0 Å². The van der Waals surface area contributed by atoms with Crippen molar-refractivity contribution in [1.82, 2.24) is 9.80 Å². The standard InChI is InChI=1S/C27H27F2N3O4/c1-27(2)19(14-23(36-27)24-18-13-20(28)21(29)15-22(18)30-25(24)34)16-3-5-17(6-4-16)26(35)32-9-7-31(8-10-32)11-12-33/h3-6,13-15,33H,7-12H2,1-2H3,(H,30,34)/b24-23+. The van der Waals surface area contributed by atoms with Crippen molar-refractivity contribution in [1.29, 1.82) is 0 Å². The van der Waals surface area contributed by atoms with Crippen LogP contribution in [0.5, 0.6) is 0 Å². The third-order valence-electron chi connectivity index (χ3n) is 6.86. The van der Waals surface area contributed by atoms with Crippen molar-refractivity contribution >= 4 is 28.6 Å². The number of ether oxygens (including phenoxy) is 1. The van der Waals surface area contributed by atoms with Crippen LogP contribution in [0.4, 0.5) is 14.5 Å². The van der Waals surface area contributed by atoms with Crippen molar-refractivity contribution in [2.45, 2.75) is 19.4 Å². The highest BCUT2D eigenvalue weighted by Crippen LogP contribution is 2.44. The second-order valence-corrected chi connectivity index (χ2v) is 9.61. The molecular weight excluding hydrogens is 468 g/mol. The summed E-state index contributed by atoms with van der Waals surface area (Å²) in [4.78, 5) is 29.5. The minimum atomic E-state index is -1.04. The fourth-order valence-electron chi connectivity index (χ4n) is 4.92. The van der Waals surface area contributed by atoms with Gasteiger partial charge in [0.25, 0.3) is 11.8 Å². The Labute approximate surface area is 207 Å². The number of hydrogen-bond acceptors (Lipinski definition) is 5. The van der Waals surface area contributed by atoms with Gasteiger partial charge in [-0.1, -0.05) is 12.1 Å². The number of nitrogens with one attached hydrogen (secondary N) is 1. The lowest BCUT2D eigenvalue weighted by Gasteiger charge is -2.34. The molecule has 2 aromatic rings. The number of halogens is 2. The number of anilines is 1. The zero-order valence-corrected chi connectivity index (χ0v) is 20.1. The van der Waals surface area contributed by atoms with Crippen molar-refractivity contribution in [2.24, 2.45) is 0 Å². The van der Waals surface area contributed by atoms with Gasteiger partial charge in [-0.15, -0.1) is 0 Å². The number of amides is 2. The highest BCUT2D eigenvalue weighted by atomic mass is 19.2. The molecule has 0 radical (unpaired) electrons. The molecule has 3 aliphatic rings. The molecule has 2 N–H and O–H groups in total. The summed E-state index contributed by atoms with van der Waals surface area (Å²) >= 11 is 0. The van der Waals surface area contributed by atoms with E-state index in [0.717, 1.165) is 36.4 Å². The Morgan fingerprint density at radius 2 is 1.75 bits per heavy atom. The van der Waals surface area contributed by atoms with Crippen molar-refractivity contribution in [3.63, 3.8) is 0 Å². The van der Waals surface area contributed by atoms with Crippen LogP contribution in [0.1, 0.15) is 35.3 Å². The number of nitrogens with zero attached hydrogens (tertiary/aromatic N) is 2. The van der Waals surface area contributed by atoms with E-state index in [1.807, 2.05) is 30.9 Å². The molecule has 1 fully saturated rings. The van der Waals surface area contributed by atoms with Crippen LogP contribution in [0.3, 0.4) is 0 Å². The summed E-state index contributed by atoms with van der Waals surface area (Å²) in [5.41, 5.74) is 2.01. The average Bonchev–Trinajstić information content (AvgIpc) is 3.33.